The molecule has 2 aromatic carbocycles. The van der Waals surface area contributed by atoms with E-state index < -0.39 is 35.5 Å². The SMILES string of the molecule is CCCCCCc1ccc(O)c(C(=O)NNC(=O)C(CCC)CC(CCCC)C(=O)NNC(=O)c2cc(CCCCCC)ccc2O)c1. The number of hydrazine groups is 2. The zero-order chi connectivity index (χ0) is 35.3. The van der Waals surface area contributed by atoms with E-state index in [2.05, 4.69) is 35.6 Å². The first kappa shape index (κ1) is 40.1. The van der Waals surface area contributed by atoms with Crippen LogP contribution >= 0.6 is 0 Å². The Hall–Kier alpha value is -4.08. The van der Waals surface area contributed by atoms with Gasteiger partial charge < -0.3 is 10.2 Å². The molecule has 0 saturated carbocycles. The van der Waals surface area contributed by atoms with Crippen molar-refractivity contribution in [3.63, 3.8) is 0 Å². The maximum absolute atomic E-state index is 13.3. The van der Waals surface area contributed by atoms with Crippen molar-refractivity contribution in [1.29, 1.82) is 0 Å². The Labute approximate surface area is 286 Å². The molecule has 0 aliphatic heterocycles. The fourth-order valence-corrected chi connectivity index (χ4v) is 5.78. The topological polar surface area (TPSA) is 157 Å². The number of unbranched alkanes of at least 4 members (excludes halogenated alkanes) is 7. The summed E-state index contributed by atoms with van der Waals surface area (Å²) in [5.41, 5.74) is 11.9. The highest BCUT2D eigenvalue weighted by Crippen LogP contribution is 2.24. The Morgan fingerprint density at radius 3 is 1.40 bits per heavy atom. The molecule has 48 heavy (non-hydrogen) atoms. The number of amides is 4. The average molecular weight is 667 g/mol. The summed E-state index contributed by atoms with van der Waals surface area (Å²) < 4.78 is 0. The number of hydrogen-bond acceptors (Lipinski definition) is 6. The van der Waals surface area contributed by atoms with E-state index in [9.17, 15) is 29.4 Å². The van der Waals surface area contributed by atoms with E-state index in [0.29, 0.717) is 19.3 Å². The second kappa shape index (κ2) is 22.5. The van der Waals surface area contributed by atoms with Crippen molar-refractivity contribution in [3.8, 4) is 11.5 Å². The summed E-state index contributed by atoms with van der Waals surface area (Å²) in [6.07, 6.45) is 13.8. The summed E-state index contributed by atoms with van der Waals surface area (Å²) in [5, 5.41) is 20.6. The fourth-order valence-electron chi connectivity index (χ4n) is 5.78. The summed E-state index contributed by atoms with van der Waals surface area (Å²) >= 11 is 0. The van der Waals surface area contributed by atoms with Gasteiger partial charge >= 0.3 is 0 Å². The van der Waals surface area contributed by atoms with Gasteiger partial charge in [-0.05, 0) is 80.3 Å². The number of aryl methyl sites for hydroxylation is 2. The van der Waals surface area contributed by atoms with Gasteiger partial charge in [0, 0.05) is 11.8 Å². The maximum Gasteiger partial charge on any atom is 0.273 e. The molecule has 0 heterocycles. The molecule has 0 aliphatic rings. The number of aromatic hydroxyl groups is 2. The first-order chi connectivity index (χ1) is 23.1. The van der Waals surface area contributed by atoms with Gasteiger partial charge in [0.05, 0.1) is 11.1 Å². The van der Waals surface area contributed by atoms with Crippen molar-refractivity contribution >= 4 is 23.6 Å². The van der Waals surface area contributed by atoms with Crippen molar-refractivity contribution < 1.29 is 29.4 Å². The van der Waals surface area contributed by atoms with Crippen molar-refractivity contribution in [3.05, 3.63) is 58.7 Å². The molecule has 0 spiro atoms. The molecule has 2 aromatic rings. The van der Waals surface area contributed by atoms with Crippen LogP contribution in [0, 0.1) is 11.8 Å². The van der Waals surface area contributed by atoms with Crippen LogP contribution in [0.5, 0.6) is 11.5 Å². The van der Waals surface area contributed by atoms with E-state index in [1.165, 1.54) is 12.1 Å². The van der Waals surface area contributed by atoms with Gasteiger partial charge in [-0.15, -0.1) is 0 Å². The molecule has 10 heteroatoms. The largest absolute Gasteiger partial charge is 0.507 e. The Morgan fingerprint density at radius 1 is 0.542 bits per heavy atom. The quantitative estimate of drug-likeness (QED) is 0.0612. The highest BCUT2D eigenvalue weighted by atomic mass is 16.3. The molecular weight excluding hydrogens is 608 g/mol. The number of phenols is 2. The van der Waals surface area contributed by atoms with Gasteiger partial charge in [0.15, 0.2) is 0 Å². The Kier molecular flexibility index (Phi) is 18.8. The van der Waals surface area contributed by atoms with Crippen molar-refractivity contribution in [1.82, 2.24) is 21.7 Å². The molecule has 0 aromatic heterocycles. The number of carbonyl (C=O) groups is 4. The molecule has 0 bridgehead atoms. The van der Waals surface area contributed by atoms with E-state index >= 15 is 0 Å². The first-order valence-electron chi connectivity index (χ1n) is 18.0. The van der Waals surface area contributed by atoms with Crippen LogP contribution in [0.15, 0.2) is 36.4 Å². The minimum absolute atomic E-state index is 0.0827. The fraction of sp³-hybridized carbons (Fsp3) is 0.579. The lowest BCUT2D eigenvalue weighted by molar-refractivity contribution is -0.129. The molecule has 2 atom stereocenters. The molecule has 0 fully saturated rings. The zero-order valence-corrected chi connectivity index (χ0v) is 29.5. The molecule has 6 N–H and O–H groups in total. The van der Waals surface area contributed by atoms with Crippen LogP contribution in [-0.4, -0.2) is 33.8 Å². The summed E-state index contributed by atoms with van der Waals surface area (Å²) in [5.74, 6) is -3.59. The van der Waals surface area contributed by atoms with Gasteiger partial charge in [-0.2, -0.15) is 0 Å². The lowest BCUT2D eigenvalue weighted by Crippen LogP contribution is -2.47. The third kappa shape index (κ3) is 14.0. The van der Waals surface area contributed by atoms with Gasteiger partial charge in [0.25, 0.3) is 11.8 Å². The van der Waals surface area contributed by atoms with E-state index in [1.807, 2.05) is 13.8 Å². The maximum atomic E-state index is 13.3. The number of carbonyl (C=O) groups excluding carboxylic acids is 4. The predicted molar refractivity (Wildman–Crippen MR) is 189 cm³/mol. The minimum atomic E-state index is -0.622. The van der Waals surface area contributed by atoms with Crippen LogP contribution in [0.2, 0.25) is 0 Å². The summed E-state index contributed by atoms with van der Waals surface area (Å²) in [7, 11) is 0. The van der Waals surface area contributed by atoms with E-state index in [0.717, 1.165) is 88.2 Å². The van der Waals surface area contributed by atoms with E-state index in [1.54, 1.807) is 24.3 Å². The first-order valence-corrected chi connectivity index (χ1v) is 18.0. The van der Waals surface area contributed by atoms with Gasteiger partial charge in [-0.3, -0.25) is 40.9 Å². The second-order valence-electron chi connectivity index (χ2n) is 12.8. The zero-order valence-electron chi connectivity index (χ0n) is 29.5. The van der Waals surface area contributed by atoms with Gasteiger partial charge in [0.2, 0.25) is 11.8 Å². The van der Waals surface area contributed by atoms with Crippen molar-refractivity contribution in [2.45, 2.75) is 130 Å². The Balaban J connectivity index is 2.03. The summed E-state index contributed by atoms with van der Waals surface area (Å²) in [6, 6.07) is 9.89. The van der Waals surface area contributed by atoms with Crippen LogP contribution in [0.3, 0.4) is 0 Å². The van der Waals surface area contributed by atoms with Crippen LogP contribution in [0.1, 0.15) is 149 Å². The lowest BCUT2D eigenvalue weighted by Gasteiger charge is -2.23. The number of rotatable bonds is 21. The third-order valence-electron chi connectivity index (χ3n) is 8.70. The second-order valence-corrected chi connectivity index (χ2v) is 12.8. The van der Waals surface area contributed by atoms with Gasteiger partial charge in [-0.1, -0.05) is 97.6 Å². The highest BCUT2D eigenvalue weighted by Gasteiger charge is 2.28. The molecule has 0 saturated heterocycles. The minimum Gasteiger partial charge on any atom is -0.507 e. The molecule has 10 nitrogen and oxygen atoms in total. The Bertz CT molecular complexity index is 1310. The van der Waals surface area contributed by atoms with Crippen LogP contribution in [0.25, 0.3) is 0 Å². The smallest absolute Gasteiger partial charge is 0.273 e. The van der Waals surface area contributed by atoms with Gasteiger partial charge in [0.1, 0.15) is 11.5 Å². The lowest BCUT2D eigenvalue weighted by atomic mass is 9.87. The number of hydrogen-bond donors (Lipinski definition) is 6. The molecule has 0 aliphatic carbocycles. The molecule has 4 amide bonds. The molecular formula is C38H58N4O6. The van der Waals surface area contributed by atoms with E-state index in [-0.39, 0.29) is 29.0 Å². The van der Waals surface area contributed by atoms with Gasteiger partial charge in [-0.25, -0.2) is 0 Å². The standard InChI is InChI=1S/C38H58N4O6/c1-5-9-12-14-17-27-20-22-33(43)31(24-27)37(47)41-39-35(45)29(16-8-4)26-30(19-11-7-3)36(46)40-42-38(48)32-25-28(21-23-34(32)44)18-15-13-10-6-2/h20-25,29-30,43-44H,5-19,26H2,1-4H3,(H,39,45)(H,40,46)(H,41,47)(H,42,48). The monoisotopic (exact) mass is 666 g/mol. The van der Waals surface area contributed by atoms with Crippen molar-refractivity contribution in [2.24, 2.45) is 11.8 Å². The summed E-state index contributed by atoms with van der Waals surface area (Å²) in [6.45, 7) is 8.24. The van der Waals surface area contributed by atoms with E-state index in [4.69, 9.17) is 0 Å². The average Bonchev–Trinajstić information content (AvgIpc) is 3.08. The van der Waals surface area contributed by atoms with Crippen LogP contribution in [-0.2, 0) is 22.4 Å². The normalized spacial score (nSPS) is 12.2. The molecule has 2 rings (SSSR count). The molecule has 0 radical (unpaired) electrons. The number of benzene rings is 2. The molecule has 266 valence electrons. The van der Waals surface area contributed by atoms with Crippen molar-refractivity contribution in [2.75, 3.05) is 0 Å². The third-order valence-corrected chi connectivity index (χ3v) is 8.70. The number of phenolic OH excluding ortho intramolecular Hbond substituents is 2. The number of nitrogens with one attached hydrogen (secondary N) is 4. The Morgan fingerprint density at radius 2 is 0.979 bits per heavy atom. The highest BCUT2D eigenvalue weighted by molar-refractivity contribution is 5.99. The van der Waals surface area contributed by atoms with Crippen LogP contribution in [0.4, 0.5) is 0 Å². The van der Waals surface area contributed by atoms with Crippen LogP contribution < -0.4 is 21.7 Å². The predicted octanol–water partition coefficient (Wildman–Crippen LogP) is 7.18. The molecule has 2 unspecified atom stereocenters. The summed E-state index contributed by atoms with van der Waals surface area (Å²) in [4.78, 5) is 52.5.